The molecule has 0 saturated heterocycles. The Morgan fingerprint density at radius 1 is 0.157 bits per heavy atom. The third-order valence-electron chi connectivity index (χ3n) is 13.7. The molecule has 0 N–H and O–H groups in total. The summed E-state index contributed by atoms with van der Waals surface area (Å²) in [6.07, 6.45) is 0. The molecule has 0 unspecified atom stereocenters. The molecule has 0 heterocycles. The minimum Gasteiger partial charge on any atom is -0.813 e. The molecule has 450 valence electrons. The van der Waals surface area contributed by atoms with Gasteiger partial charge in [-0.15, -0.1) is 0 Å². The van der Waals surface area contributed by atoms with Gasteiger partial charge in [-0.05, 0) is 146 Å². The Morgan fingerprint density at radius 3 is 0.326 bits per heavy atom. The SMILES string of the molecule is [Cl][Sn+]([Cl])[c]1ccccc1.[Pt].[Pt].[SH-].[SH-].c1ccc([PH+](c2ccccc2)c2ccccc2)cc1.c1ccc([PH+](c2ccccc2)c2ccccc2)cc1.c1ccc([PH+](c2ccccc2)c2ccccc2)cc1.c1ccc([PH+](c2ccccc2)c2ccccc2)cc1. The molecule has 0 aliphatic heterocycles. The van der Waals surface area contributed by atoms with Crippen LogP contribution in [-0.4, -0.2) is 17.5 Å². The van der Waals surface area contributed by atoms with Crippen molar-refractivity contribution in [1.29, 1.82) is 0 Å². The van der Waals surface area contributed by atoms with Crippen LogP contribution in [0.4, 0.5) is 0 Å². The van der Waals surface area contributed by atoms with Gasteiger partial charge in [0.05, 0.1) is 31.7 Å². The van der Waals surface area contributed by atoms with Gasteiger partial charge in [-0.3, -0.25) is 0 Å². The summed E-state index contributed by atoms with van der Waals surface area (Å²) in [6, 6.07) is 140. The number of hydrogen-bond acceptors (Lipinski definition) is 2. The van der Waals surface area contributed by atoms with Crippen molar-refractivity contribution in [2.45, 2.75) is 0 Å². The molecule has 0 radical (unpaired) electrons. The summed E-state index contributed by atoms with van der Waals surface area (Å²) in [5, 5.41) is 17.2. The van der Waals surface area contributed by atoms with Crippen LogP contribution in [-0.2, 0) is 69.1 Å². The second-order valence-corrected chi connectivity index (χ2v) is 38.9. The molecule has 0 amide bonds. The van der Waals surface area contributed by atoms with E-state index in [9.17, 15) is 0 Å². The van der Waals surface area contributed by atoms with E-state index in [-0.39, 0.29) is 69.1 Å². The quantitative estimate of drug-likeness (QED) is 0.0488. The minimum atomic E-state index is -2.08. The number of thiol groups is 2. The molecule has 13 aromatic rings. The molecule has 13 rings (SSSR count). The molecule has 0 saturated carbocycles. The van der Waals surface area contributed by atoms with Crippen molar-refractivity contribution >= 4 is 161 Å². The van der Waals surface area contributed by atoms with Crippen molar-refractivity contribution in [2.75, 3.05) is 0 Å². The summed E-state index contributed by atoms with van der Waals surface area (Å²) < 4.78 is 1.14. The molecular formula is C78H71Cl2P4Pt2S2Sn+3. The summed E-state index contributed by atoms with van der Waals surface area (Å²) in [6.45, 7) is 0. The van der Waals surface area contributed by atoms with Crippen molar-refractivity contribution < 1.29 is 42.1 Å². The standard InChI is InChI=1S/4C18H15P.C6H5.2ClH.2Pt.2H2S.Sn/c4*1-4-10-16(11-5-1)19(17-12-6-2-7-13-17)18-14-8-3-9-15-18;1-2-4-6-5-3-1;;;;;;;/h4*1-15H;1-5H;2*1H;;;2*1H2;/q;;;;;;;;;;;+3. The molecular weight excluding hydrogens is 1700 g/mol. The largest absolute Gasteiger partial charge is 0.813 e. The van der Waals surface area contributed by atoms with Crippen LogP contribution in [0.3, 0.4) is 0 Å². The number of halogens is 2. The molecule has 0 fully saturated rings. The Balaban J connectivity index is 0.000000203. The Kier molecular flexibility index (Phi) is 36.1. The third kappa shape index (κ3) is 23.9. The van der Waals surface area contributed by atoms with Crippen LogP contribution in [0.25, 0.3) is 0 Å². The first-order chi connectivity index (χ1) is 42.1. The Hall–Kier alpha value is -4.96. The van der Waals surface area contributed by atoms with Crippen molar-refractivity contribution in [3.05, 3.63) is 394 Å². The molecule has 0 aliphatic rings. The average Bonchev–Trinajstić information content (AvgIpc) is 3.30. The molecule has 89 heavy (non-hydrogen) atoms. The first kappa shape index (κ1) is 74.8. The van der Waals surface area contributed by atoms with Crippen molar-refractivity contribution in [3.8, 4) is 0 Å². The van der Waals surface area contributed by atoms with Crippen molar-refractivity contribution in [2.24, 2.45) is 0 Å². The smallest absolute Gasteiger partial charge is 0.102 e. The van der Waals surface area contributed by atoms with Gasteiger partial charge in [-0.1, -0.05) is 218 Å². The van der Waals surface area contributed by atoms with Crippen LogP contribution in [0, 0.1) is 0 Å². The van der Waals surface area contributed by atoms with Gasteiger partial charge in [0.15, 0.2) is 0 Å². The van der Waals surface area contributed by atoms with E-state index in [2.05, 4.69) is 364 Å². The maximum absolute atomic E-state index is 5.77. The summed E-state index contributed by atoms with van der Waals surface area (Å²) in [5.74, 6) is 0. The second-order valence-electron chi connectivity index (χ2n) is 19.5. The maximum atomic E-state index is 5.77. The second kappa shape index (κ2) is 43.0. The maximum Gasteiger partial charge on any atom is 0.102 e. The molecule has 0 nitrogen and oxygen atoms in total. The molecule has 0 atom stereocenters. The van der Waals surface area contributed by atoms with Crippen molar-refractivity contribution in [1.82, 2.24) is 0 Å². The van der Waals surface area contributed by atoms with Gasteiger partial charge in [0.1, 0.15) is 63.7 Å². The zero-order valence-corrected chi connectivity index (χ0v) is 63.5. The van der Waals surface area contributed by atoms with Crippen LogP contribution in [0.2, 0.25) is 0 Å². The van der Waals surface area contributed by atoms with E-state index in [4.69, 9.17) is 17.8 Å². The molecule has 11 heteroatoms. The minimum absolute atomic E-state index is 0. The molecule has 0 aromatic heterocycles. The summed E-state index contributed by atoms with van der Waals surface area (Å²) in [4.78, 5) is 0. The van der Waals surface area contributed by atoms with Gasteiger partial charge in [-0.2, -0.15) is 0 Å². The molecule has 0 spiro atoms. The Bertz CT molecular complexity index is 3000. The summed E-state index contributed by atoms with van der Waals surface area (Å²) in [7, 11) is 8.02. The first-order valence-electron chi connectivity index (χ1n) is 28.5. The number of rotatable bonds is 13. The van der Waals surface area contributed by atoms with E-state index < -0.39 is 49.2 Å². The summed E-state index contributed by atoms with van der Waals surface area (Å²) >= 11 is -2.08. The number of hydrogen-bond donors (Lipinski definition) is 0. The van der Waals surface area contributed by atoms with Crippen molar-refractivity contribution in [3.63, 3.8) is 0 Å². The fourth-order valence-electron chi connectivity index (χ4n) is 9.82. The van der Waals surface area contributed by atoms with Gasteiger partial charge in [0.25, 0.3) is 0 Å². The zero-order valence-electron chi connectivity index (χ0n) is 48.8. The van der Waals surface area contributed by atoms with Crippen LogP contribution in [0.15, 0.2) is 394 Å². The summed E-state index contributed by atoms with van der Waals surface area (Å²) in [5.41, 5.74) is 0. The van der Waals surface area contributed by atoms with E-state index in [0.717, 1.165) is 3.58 Å². The fourth-order valence-corrected chi connectivity index (χ4v) is 23.1. The van der Waals surface area contributed by atoms with E-state index >= 15 is 0 Å². The topological polar surface area (TPSA) is 0 Å². The fraction of sp³-hybridized carbons (Fsp3) is 0. The van der Waals surface area contributed by atoms with Gasteiger partial charge < -0.3 is 27.0 Å². The van der Waals surface area contributed by atoms with Gasteiger partial charge in [0.2, 0.25) is 0 Å². The average molecular weight is 1780 g/mol. The predicted octanol–water partition coefficient (Wildman–Crippen LogP) is 14.0. The van der Waals surface area contributed by atoms with E-state index in [1.165, 1.54) is 63.7 Å². The normalized spacial score (nSPS) is 9.96. The van der Waals surface area contributed by atoms with E-state index in [0.29, 0.717) is 0 Å². The Morgan fingerprint density at radius 2 is 0.247 bits per heavy atom. The van der Waals surface area contributed by atoms with Crippen LogP contribution < -0.4 is 67.2 Å². The van der Waals surface area contributed by atoms with Gasteiger partial charge in [-0.25, -0.2) is 0 Å². The Labute approximate surface area is 591 Å². The zero-order chi connectivity index (χ0) is 58.4. The first-order valence-corrected chi connectivity index (χ1v) is 43.1. The molecule has 13 aromatic carbocycles. The predicted molar refractivity (Wildman–Crippen MR) is 407 cm³/mol. The van der Waals surface area contributed by atoms with E-state index in [1.54, 1.807) is 0 Å². The third-order valence-corrected chi connectivity index (χ3v) is 29.8. The monoisotopic (exact) mass is 1780 g/mol. The van der Waals surface area contributed by atoms with Gasteiger partial charge in [0, 0.05) is 42.1 Å². The number of benzene rings is 13. The van der Waals surface area contributed by atoms with Crippen LogP contribution >= 0.6 is 49.5 Å². The van der Waals surface area contributed by atoms with Crippen LogP contribution in [0.1, 0.15) is 0 Å². The van der Waals surface area contributed by atoms with E-state index in [1.807, 2.05) is 30.3 Å². The van der Waals surface area contributed by atoms with Gasteiger partial charge >= 0.3 is 69.3 Å². The van der Waals surface area contributed by atoms with Crippen LogP contribution in [0.5, 0.6) is 0 Å². The molecule has 0 aliphatic carbocycles. The molecule has 0 bridgehead atoms.